The minimum absolute atomic E-state index is 0.0102. The molecule has 0 atom stereocenters. The van der Waals surface area contributed by atoms with E-state index in [1.165, 1.54) is 17.7 Å². The molecule has 0 radical (unpaired) electrons. The first-order chi connectivity index (χ1) is 15.5. The normalized spacial score (nSPS) is 16.4. The van der Waals surface area contributed by atoms with Gasteiger partial charge in [0, 0.05) is 5.56 Å². The average molecular weight is 466 g/mol. The summed E-state index contributed by atoms with van der Waals surface area (Å²) in [6.07, 6.45) is 1.19. The number of benzene rings is 2. The van der Waals surface area contributed by atoms with Crippen molar-refractivity contribution < 1.29 is 24.2 Å². The lowest BCUT2D eigenvalue weighted by Gasteiger charge is -2.42. The van der Waals surface area contributed by atoms with Crippen LogP contribution in [0.15, 0.2) is 36.4 Å². The van der Waals surface area contributed by atoms with E-state index in [0.717, 1.165) is 23.3 Å². The number of aryl methyl sites for hydroxylation is 1. The highest BCUT2D eigenvalue weighted by Gasteiger charge is 2.38. The van der Waals surface area contributed by atoms with Crippen molar-refractivity contribution in [2.75, 3.05) is 4.90 Å². The Hall–Kier alpha value is -3.15. The third kappa shape index (κ3) is 5.01. The van der Waals surface area contributed by atoms with Gasteiger partial charge in [0.2, 0.25) is 0 Å². The molecule has 0 fully saturated rings. The van der Waals surface area contributed by atoms with Gasteiger partial charge >= 0.3 is 12.1 Å². The number of fused-ring (bicyclic) bond motifs is 1. The number of hydrogen-bond acceptors (Lipinski definition) is 4. The first kappa shape index (κ1) is 25.5. The highest BCUT2D eigenvalue weighted by Crippen LogP contribution is 2.46. The van der Waals surface area contributed by atoms with Gasteiger partial charge in [-0.05, 0) is 92.3 Å². The lowest BCUT2D eigenvalue weighted by Crippen LogP contribution is -2.42. The van der Waals surface area contributed by atoms with Crippen LogP contribution in [0, 0.1) is 6.92 Å². The maximum atomic E-state index is 13.8. The van der Waals surface area contributed by atoms with Crippen LogP contribution in [-0.2, 0) is 15.6 Å². The van der Waals surface area contributed by atoms with Crippen molar-refractivity contribution in [2.24, 2.45) is 0 Å². The lowest BCUT2D eigenvalue weighted by atomic mass is 9.63. The third-order valence-electron chi connectivity index (χ3n) is 6.58. The molecule has 0 saturated carbocycles. The number of carboxylic acid groups (broad SMARTS) is 1. The standard InChI is InChI=1S/C28H35NO5/c1-17-9-10-19(24(31)32)16-22(17)29(25(33)34-26(2,3)4)23(30)18-11-12-20-21(15-18)28(7,8)14-13-27(20,5)6/h9-12,15-16H,13-14H2,1-8H3,(H,31,32). The van der Waals surface area contributed by atoms with E-state index in [1.54, 1.807) is 39.8 Å². The number of carbonyl (C=O) groups is 3. The number of ether oxygens (including phenoxy) is 1. The summed E-state index contributed by atoms with van der Waals surface area (Å²) >= 11 is 0. The largest absolute Gasteiger partial charge is 0.478 e. The Balaban J connectivity index is 2.17. The van der Waals surface area contributed by atoms with Crippen molar-refractivity contribution in [3.05, 3.63) is 64.2 Å². The van der Waals surface area contributed by atoms with E-state index in [-0.39, 0.29) is 22.1 Å². The molecule has 1 N–H and O–H groups in total. The van der Waals surface area contributed by atoms with Crippen LogP contribution in [0.5, 0.6) is 0 Å². The monoisotopic (exact) mass is 465 g/mol. The summed E-state index contributed by atoms with van der Waals surface area (Å²) in [5.41, 5.74) is 2.45. The van der Waals surface area contributed by atoms with Crippen molar-refractivity contribution in [2.45, 2.75) is 84.7 Å². The Bertz CT molecular complexity index is 1150. The van der Waals surface area contributed by atoms with Crippen LogP contribution in [0.1, 0.15) is 98.7 Å². The molecule has 2 aromatic rings. The summed E-state index contributed by atoms with van der Waals surface area (Å²) in [6, 6.07) is 9.98. The zero-order valence-electron chi connectivity index (χ0n) is 21.4. The summed E-state index contributed by atoms with van der Waals surface area (Å²) < 4.78 is 5.56. The van der Waals surface area contributed by atoms with Crippen molar-refractivity contribution in [3.63, 3.8) is 0 Å². The van der Waals surface area contributed by atoms with Gasteiger partial charge in [0.15, 0.2) is 0 Å². The molecule has 1 aliphatic rings. The van der Waals surface area contributed by atoms with Gasteiger partial charge in [-0.25, -0.2) is 14.5 Å². The number of aromatic carboxylic acids is 1. The summed E-state index contributed by atoms with van der Waals surface area (Å²) in [7, 11) is 0. The number of anilines is 1. The first-order valence-electron chi connectivity index (χ1n) is 11.6. The molecular weight excluding hydrogens is 430 g/mol. The van der Waals surface area contributed by atoms with Crippen LogP contribution < -0.4 is 4.90 Å². The predicted molar refractivity (Wildman–Crippen MR) is 133 cm³/mol. The van der Waals surface area contributed by atoms with Gasteiger partial charge in [0.1, 0.15) is 5.60 Å². The first-order valence-corrected chi connectivity index (χ1v) is 11.6. The molecule has 0 aromatic heterocycles. The number of imide groups is 1. The quantitative estimate of drug-likeness (QED) is 0.550. The van der Waals surface area contributed by atoms with Gasteiger partial charge in [-0.2, -0.15) is 0 Å². The van der Waals surface area contributed by atoms with Gasteiger partial charge in [-0.15, -0.1) is 0 Å². The fourth-order valence-corrected chi connectivity index (χ4v) is 4.43. The summed E-state index contributed by atoms with van der Waals surface area (Å²) in [5.74, 6) is -1.70. The molecule has 1 aliphatic carbocycles. The molecule has 0 heterocycles. The SMILES string of the molecule is Cc1ccc(C(=O)O)cc1N(C(=O)OC(C)(C)C)C(=O)c1ccc2c(c1)C(C)(C)CCC2(C)C. The molecule has 0 unspecified atom stereocenters. The molecule has 182 valence electrons. The smallest absolute Gasteiger partial charge is 0.422 e. The third-order valence-corrected chi connectivity index (χ3v) is 6.58. The van der Waals surface area contributed by atoms with E-state index in [0.29, 0.717) is 11.1 Å². The second kappa shape index (κ2) is 8.57. The topological polar surface area (TPSA) is 83.9 Å². The molecule has 34 heavy (non-hydrogen) atoms. The van der Waals surface area contributed by atoms with E-state index in [4.69, 9.17) is 4.74 Å². The Morgan fingerprint density at radius 1 is 0.882 bits per heavy atom. The van der Waals surface area contributed by atoms with Gasteiger partial charge in [0.05, 0.1) is 11.3 Å². The van der Waals surface area contributed by atoms with Crippen LogP contribution in [0.2, 0.25) is 0 Å². The molecule has 2 amide bonds. The summed E-state index contributed by atoms with van der Waals surface area (Å²) in [5, 5.41) is 9.48. The number of rotatable bonds is 3. The number of carboxylic acids is 1. The zero-order chi connectivity index (χ0) is 25.6. The van der Waals surface area contributed by atoms with E-state index >= 15 is 0 Å². The number of carbonyl (C=O) groups excluding carboxylic acids is 2. The molecule has 0 saturated heterocycles. The van der Waals surface area contributed by atoms with Crippen LogP contribution in [0.25, 0.3) is 0 Å². The average Bonchev–Trinajstić information content (AvgIpc) is 2.71. The van der Waals surface area contributed by atoms with Crippen LogP contribution >= 0.6 is 0 Å². The Labute approximate surface area is 201 Å². The van der Waals surface area contributed by atoms with Crippen LogP contribution in [-0.4, -0.2) is 28.7 Å². The van der Waals surface area contributed by atoms with Crippen molar-refractivity contribution in [1.29, 1.82) is 0 Å². The lowest BCUT2D eigenvalue weighted by molar-refractivity contribution is 0.0561. The van der Waals surface area contributed by atoms with Gasteiger partial charge < -0.3 is 9.84 Å². The molecule has 0 spiro atoms. The number of hydrogen-bond donors (Lipinski definition) is 1. The Morgan fingerprint density at radius 3 is 2.00 bits per heavy atom. The molecule has 0 bridgehead atoms. The molecule has 2 aromatic carbocycles. The number of amides is 2. The van der Waals surface area contributed by atoms with E-state index in [2.05, 4.69) is 27.7 Å². The highest BCUT2D eigenvalue weighted by atomic mass is 16.6. The van der Waals surface area contributed by atoms with Crippen LogP contribution in [0.4, 0.5) is 10.5 Å². The summed E-state index contributed by atoms with van der Waals surface area (Å²) in [6.45, 7) is 15.6. The molecular formula is C28H35NO5. The van der Waals surface area contributed by atoms with Crippen molar-refractivity contribution in [3.8, 4) is 0 Å². The van der Waals surface area contributed by atoms with Crippen molar-refractivity contribution >= 4 is 23.7 Å². The summed E-state index contributed by atoms with van der Waals surface area (Å²) in [4.78, 5) is 39.7. The van der Waals surface area contributed by atoms with Crippen LogP contribution in [0.3, 0.4) is 0 Å². The van der Waals surface area contributed by atoms with Gasteiger partial charge in [-0.3, -0.25) is 4.79 Å². The number of nitrogens with zero attached hydrogens (tertiary/aromatic N) is 1. The molecule has 6 heteroatoms. The zero-order valence-corrected chi connectivity index (χ0v) is 21.4. The van der Waals surface area contributed by atoms with Gasteiger partial charge in [-0.1, -0.05) is 39.8 Å². The van der Waals surface area contributed by atoms with E-state index in [9.17, 15) is 19.5 Å². The molecule has 0 aliphatic heterocycles. The Morgan fingerprint density at radius 2 is 1.44 bits per heavy atom. The second-order valence-electron chi connectivity index (χ2n) is 11.5. The van der Waals surface area contributed by atoms with Gasteiger partial charge in [0.25, 0.3) is 5.91 Å². The second-order valence-corrected chi connectivity index (χ2v) is 11.5. The van der Waals surface area contributed by atoms with E-state index in [1.807, 2.05) is 12.1 Å². The minimum atomic E-state index is -1.14. The minimum Gasteiger partial charge on any atom is -0.478 e. The van der Waals surface area contributed by atoms with E-state index < -0.39 is 23.6 Å². The molecule has 6 nitrogen and oxygen atoms in total. The fraction of sp³-hybridized carbons (Fsp3) is 0.464. The Kier molecular flexibility index (Phi) is 6.42. The fourth-order valence-electron chi connectivity index (χ4n) is 4.43. The maximum absolute atomic E-state index is 13.8. The van der Waals surface area contributed by atoms with Crippen molar-refractivity contribution in [1.82, 2.24) is 0 Å². The maximum Gasteiger partial charge on any atom is 0.422 e. The highest BCUT2D eigenvalue weighted by molar-refractivity contribution is 6.20. The molecule has 3 rings (SSSR count). The predicted octanol–water partition coefficient (Wildman–Crippen LogP) is 6.62.